The van der Waals surface area contributed by atoms with E-state index in [2.05, 4.69) is 42.6 Å². The minimum absolute atomic E-state index is 0.0301. The van der Waals surface area contributed by atoms with Crippen LogP contribution in [0.15, 0.2) is 48.5 Å². The standard InChI is InChI=1S/C30H40N2O3/c1-3-35-30(34)27(19-17-23-9-5-4-6-10-23)31-26-20-18-25-11-7-8-12-28(25)32(29(26)33)21-24-15-13-22(2)14-16-24/h7-8,11-16,23,26-27,31H,3-6,9-10,17-21H2,1-2H3/t26?,27-/m1/s1. The van der Waals surface area contributed by atoms with Gasteiger partial charge in [0.2, 0.25) is 5.91 Å². The molecule has 2 aliphatic rings. The third-order valence-corrected chi connectivity index (χ3v) is 7.57. The van der Waals surface area contributed by atoms with Crippen LogP contribution in [-0.2, 0) is 27.3 Å². The van der Waals surface area contributed by atoms with Gasteiger partial charge in [0.15, 0.2) is 0 Å². The number of nitrogens with zero attached hydrogens (tertiary/aromatic N) is 1. The van der Waals surface area contributed by atoms with Crippen LogP contribution in [0.4, 0.5) is 5.69 Å². The Balaban J connectivity index is 1.53. The Labute approximate surface area is 210 Å². The van der Waals surface area contributed by atoms with E-state index in [-0.39, 0.29) is 11.9 Å². The summed E-state index contributed by atoms with van der Waals surface area (Å²) >= 11 is 0. The van der Waals surface area contributed by atoms with E-state index in [1.807, 2.05) is 30.0 Å². The highest BCUT2D eigenvalue weighted by atomic mass is 16.5. The number of para-hydroxylation sites is 1. The van der Waals surface area contributed by atoms with Crippen LogP contribution in [-0.4, -0.2) is 30.6 Å². The first-order chi connectivity index (χ1) is 17.0. The predicted molar refractivity (Wildman–Crippen MR) is 140 cm³/mol. The molecule has 1 saturated carbocycles. The maximum Gasteiger partial charge on any atom is 0.323 e. The number of carbonyl (C=O) groups excluding carboxylic acids is 2. The van der Waals surface area contributed by atoms with E-state index in [0.29, 0.717) is 25.5 Å². The normalized spacial score (nSPS) is 19.7. The smallest absolute Gasteiger partial charge is 0.323 e. The molecule has 4 rings (SSSR count). The molecule has 0 saturated heterocycles. The van der Waals surface area contributed by atoms with Crippen molar-refractivity contribution >= 4 is 17.6 Å². The SMILES string of the molecule is CCOC(=O)[C@@H](CCC1CCCCC1)NC1CCc2ccccc2N(Cc2ccc(C)cc2)C1=O. The van der Waals surface area contributed by atoms with Gasteiger partial charge in [-0.15, -0.1) is 0 Å². The fourth-order valence-corrected chi connectivity index (χ4v) is 5.54. The minimum atomic E-state index is -0.451. The number of benzene rings is 2. The quantitative estimate of drug-likeness (QED) is 0.470. The molecule has 5 nitrogen and oxygen atoms in total. The Hall–Kier alpha value is -2.66. The number of hydrogen-bond acceptors (Lipinski definition) is 4. The predicted octanol–water partition coefficient (Wildman–Crippen LogP) is 5.72. The number of amides is 1. The van der Waals surface area contributed by atoms with E-state index in [4.69, 9.17) is 4.74 Å². The fraction of sp³-hybridized carbons (Fsp3) is 0.533. The van der Waals surface area contributed by atoms with Gasteiger partial charge in [-0.2, -0.15) is 0 Å². The lowest BCUT2D eigenvalue weighted by Gasteiger charge is -2.29. The van der Waals surface area contributed by atoms with Gasteiger partial charge in [0.25, 0.3) is 0 Å². The average Bonchev–Trinajstić information content (AvgIpc) is 3.00. The number of nitrogens with one attached hydrogen (secondary N) is 1. The van der Waals surface area contributed by atoms with Gasteiger partial charge in [-0.3, -0.25) is 14.9 Å². The van der Waals surface area contributed by atoms with Crippen molar-refractivity contribution in [1.29, 1.82) is 0 Å². The molecule has 1 unspecified atom stereocenters. The zero-order valence-corrected chi connectivity index (χ0v) is 21.3. The Morgan fingerprint density at radius 3 is 2.54 bits per heavy atom. The largest absolute Gasteiger partial charge is 0.465 e. The summed E-state index contributed by atoms with van der Waals surface area (Å²) in [4.78, 5) is 28.7. The van der Waals surface area contributed by atoms with Crippen LogP contribution < -0.4 is 10.2 Å². The Kier molecular flexibility index (Phi) is 8.97. The second-order valence-corrected chi connectivity index (χ2v) is 10.2. The van der Waals surface area contributed by atoms with Crippen LogP contribution >= 0.6 is 0 Å². The van der Waals surface area contributed by atoms with Crippen molar-refractivity contribution < 1.29 is 14.3 Å². The summed E-state index contributed by atoms with van der Waals surface area (Å²) in [7, 11) is 0. The van der Waals surface area contributed by atoms with Crippen LogP contribution in [0.2, 0.25) is 0 Å². The molecule has 0 spiro atoms. The maximum absolute atomic E-state index is 13.9. The van der Waals surface area contributed by atoms with E-state index < -0.39 is 12.1 Å². The second kappa shape index (κ2) is 12.3. The highest BCUT2D eigenvalue weighted by Gasteiger charge is 2.34. The van der Waals surface area contributed by atoms with Gasteiger partial charge >= 0.3 is 5.97 Å². The van der Waals surface area contributed by atoms with Gasteiger partial charge in [-0.1, -0.05) is 80.1 Å². The third kappa shape index (κ3) is 6.72. The van der Waals surface area contributed by atoms with Crippen LogP contribution in [0.1, 0.15) is 75.0 Å². The molecule has 1 heterocycles. The molecular weight excluding hydrogens is 436 g/mol. The molecule has 1 fully saturated rings. The van der Waals surface area contributed by atoms with Crippen molar-refractivity contribution in [3.8, 4) is 0 Å². The topological polar surface area (TPSA) is 58.6 Å². The number of anilines is 1. The summed E-state index contributed by atoms with van der Waals surface area (Å²) in [5, 5.41) is 3.46. The maximum atomic E-state index is 13.9. The lowest BCUT2D eigenvalue weighted by molar-refractivity contribution is -0.146. The first-order valence-electron chi connectivity index (χ1n) is 13.4. The van der Waals surface area contributed by atoms with Gasteiger partial charge in [0, 0.05) is 5.69 Å². The van der Waals surface area contributed by atoms with E-state index in [9.17, 15) is 9.59 Å². The first kappa shape index (κ1) is 25.4. The van der Waals surface area contributed by atoms with Gasteiger partial charge < -0.3 is 9.64 Å². The Bertz CT molecular complexity index is 981. The number of fused-ring (bicyclic) bond motifs is 1. The summed E-state index contributed by atoms with van der Waals surface area (Å²) in [5.41, 5.74) is 4.44. The highest BCUT2D eigenvalue weighted by molar-refractivity contribution is 5.99. The van der Waals surface area contributed by atoms with Crippen LogP contribution in [0.25, 0.3) is 0 Å². The molecule has 35 heavy (non-hydrogen) atoms. The van der Waals surface area contributed by atoms with E-state index in [1.165, 1.54) is 43.2 Å². The summed E-state index contributed by atoms with van der Waals surface area (Å²) < 4.78 is 5.42. The van der Waals surface area contributed by atoms with Crippen LogP contribution in [0, 0.1) is 12.8 Å². The number of aryl methyl sites for hydroxylation is 2. The highest BCUT2D eigenvalue weighted by Crippen LogP contribution is 2.30. The van der Waals surface area contributed by atoms with Gasteiger partial charge in [0.05, 0.1) is 19.2 Å². The van der Waals surface area contributed by atoms with Crippen molar-refractivity contribution in [1.82, 2.24) is 5.32 Å². The summed E-state index contributed by atoms with van der Waals surface area (Å²) in [6, 6.07) is 15.6. The van der Waals surface area contributed by atoms with Crippen molar-refractivity contribution in [2.24, 2.45) is 5.92 Å². The molecule has 0 radical (unpaired) electrons. The number of carbonyl (C=O) groups is 2. The van der Waals surface area contributed by atoms with Crippen molar-refractivity contribution in [3.63, 3.8) is 0 Å². The van der Waals surface area contributed by atoms with Crippen molar-refractivity contribution in [3.05, 3.63) is 65.2 Å². The van der Waals surface area contributed by atoms with Gasteiger partial charge in [0.1, 0.15) is 6.04 Å². The molecule has 1 aliphatic heterocycles. The average molecular weight is 477 g/mol. The Morgan fingerprint density at radius 1 is 1.06 bits per heavy atom. The van der Waals surface area contributed by atoms with Crippen LogP contribution in [0.5, 0.6) is 0 Å². The number of ether oxygens (including phenoxy) is 1. The zero-order valence-electron chi connectivity index (χ0n) is 21.3. The van der Waals surface area contributed by atoms with E-state index >= 15 is 0 Å². The van der Waals surface area contributed by atoms with Crippen molar-refractivity contribution in [2.75, 3.05) is 11.5 Å². The molecule has 188 valence electrons. The molecule has 1 aliphatic carbocycles. The second-order valence-electron chi connectivity index (χ2n) is 10.2. The number of esters is 1. The molecule has 2 aromatic carbocycles. The molecule has 0 aromatic heterocycles. The third-order valence-electron chi connectivity index (χ3n) is 7.57. The number of hydrogen-bond donors (Lipinski definition) is 1. The Morgan fingerprint density at radius 2 is 1.80 bits per heavy atom. The van der Waals surface area contributed by atoms with Gasteiger partial charge in [-0.25, -0.2) is 0 Å². The monoisotopic (exact) mass is 476 g/mol. The molecular formula is C30H40N2O3. The molecule has 1 amide bonds. The van der Waals surface area contributed by atoms with E-state index in [1.54, 1.807) is 0 Å². The fourth-order valence-electron chi connectivity index (χ4n) is 5.54. The van der Waals surface area contributed by atoms with Crippen LogP contribution in [0.3, 0.4) is 0 Å². The molecule has 5 heteroatoms. The molecule has 0 bridgehead atoms. The summed E-state index contributed by atoms with van der Waals surface area (Å²) in [6.45, 7) is 4.77. The summed E-state index contributed by atoms with van der Waals surface area (Å²) in [6.07, 6.45) is 9.58. The first-order valence-corrected chi connectivity index (χ1v) is 13.4. The molecule has 2 aromatic rings. The van der Waals surface area contributed by atoms with Gasteiger partial charge in [-0.05, 0) is 62.6 Å². The van der Waals surface area contributed by atoms with Crippen molar-refractivity contribution in [2.45, 2.75) is 90.3 Å². The number of rotatable bonds is 9. The minimum Gasteiger partial charge on any atom is -0.465 e. The zero-order chi connectivity index (χ0) is 24.6. The molecule has 1 N–H and O–H groups in total. The van der Waals surface area contributed by atoms with E-state index in [0.717, 1.165) is 30.5 Å². The lowest BCUT2D eigenvalue weighted by Crippen LogP contribution is -2.52. The molecule has 2 atom stereocenters. The lowest BCUT2D eigenvalue weighted by atomic mass is 9.85. The summed E-state index contributed by atoms with van der Waals surface area (Å²) in [5.74, 6) is 0.472.